The largest absolute Gasteiger partial charge is 0.496 e. The minimum Gasteiger partial charge on any atom is -0.496 e. The van der Waals surface area contributed by atoms with Gasteiger partial charge in [-0.3, -0.25) is 14.4 Å². The normalized spacial score (nSPS) is 10.7. The van der Waals surface area contributed by atoms with Gasteiger partial charge in [-0.2, -0.15) is 0 Å². The van der Waals surface area contributed by atoms with E-state index in [1.807, 2.05) is 0 Å². The van der Waals surface area contributed by atoms with Crippen molar-refractivity contribution in [3.8, 4) is 28.7 Å². The molecule has 0 aliphatic carbocycles. The Labute approximate surface area is 233 Å². The van der Waals surface area contributed by atoms with E-state index < -0.39 is 11.6 Å². The molecule has 0 saturated carbocycles. The summed E-state index contributed by atoms with van der Waals surface area (Å²) in [6.07, 6.45) is 7.85. The molecule has 3 rings (SSSR count). The van der Waals surface area contributed by atoms with Crippen LogP contribution in [0, 0.1) is 0 Å². The Morgan fingerprint density at radius 3 is 1.40 bits per heavy atom. The summed E-state index contributed by atoms with van der Waals surface area (Å²) in [6, 6.07) is 15.2. The third-order valence-corrected chi connectivity index (χ3v) is 5.89. The molecule has 40 heavy (non-hydrogen) atoms. The number of carbonyl (C=O) groups excluding carboxylic acids is 3. The van der Waals surface area contributed by atoms with Gasteiger partial charge in [-0.25, -0.2) is 0 Å². The van der Waals surface area contributed by atoms with Gasteiger partial charge >= 0.3 is 0 Å². The molecule has 0 aliphatic rings. The summed E-state index contributed by atoms with van der Waals surface area (Å²) in [5.74, 6) is 1.43. The molecule has 0 amide bonds. The zero-order valence-electron chi connectivity index (χ0n) is 22.9. The van der Waals surface area contributed by atoms with Gasteiger partial charge in [0.2, 0.25) is 0 Å². The molecule has 0 aromatic heterocycles. The van der Waals surface area contributed by atoms with Gasteiger partial charge in [-0.1, -0.05) is 30.4 Å². The second kappa shape index (κ2) is 14.2. The highest BCUT2D eigenvalue weighted by molar-refractivity contribution is 6.31. The zero-order chi connectivity index (χ0) is 29.1. The third-order valence-electron chi connectivity index (χ3n) is 5.89. The number of ketones is 2. The summed E-state index contributed by atoms with van der Waals surface area (Å²) in [5, 5.41) is 0. The van der Waals surface area contributed by atoms with Crippen LogP contribution in [-0.4, -0.2) is 53.4 Å². The standard InChI is InChI=1S/C32H30O8/c1-36-28-13-10-23(16-24(28)20-33)17-25(26(34)11-6-21-8-14-29(37-2)31(18-21)39-4)27(35)12-7-22-9-15-30(38-3)32(19-22)40-5/h6-20H,1-5H3/b11-6+,12-7+. The molecular formula is C32H30O8. The molecule has 0 bridgehead atoms. The summed E-state index contributed by atoms with van der Waals surface area (Å²) < 4.78 is 26.3. The maximum Gasteiger partial charge on any atom is 0.189 e. The van der Waals surface area contributed by atoms with Crippen molar-refractivity contribution in [3.05, 3.63) is 94.6 Å². The van der Waals surface area contributed by atoms with Crippen molar-refractivity contribution in [3.63, 3.8) is 0 Å². The van der Waals surface area contributed by atoms with Crippen molar-refractivity contribution < 1.29 is 38.1 Å². The minimum absolute atomic E-state index is 0.101. The van der Waals surface area contributed by atoms with Crippen LogP contribution >= 0.6 is 0 Å². The van der Waals surface area contributed by atoms with E-state index in [0.29, 0.717) is 51.7 Å². The molecule has 206 valence electrons. The van der Waals surface area contributed by atoms with Gasteiger partial charge in [-0.15, -0.1) is 0 Å². The van der Waals surface area contributed by atoms with Crippen molar-refractivity contribution in [1.29, 1.82) is 0 Å². The molecule has 0 atom stereocenters. The first kappa shape index (κ1) is 29.4. The van der Waals surface area contributed by atoms with Crippen LogP contribution in [0.4, 0.5) is 0 Å². The van der Waals surface area contributed by atoms with Gasteiger partial charge in [0.05, 0.1) is 46.7 Å². The van der Waals surface area contributed by atoms with Gasteiger partial charge in [0.15, 0.2) is 40.9 Å². The molecule has 0 fully saturated rings. The Hall–Kier alpha value is -5.11. The molecule has 8 nitrogen and oxygen atoms in total. The van der Waals surface area contributed by atoms with E-state index in [-0.39, 0.29) is 11.1 Å². The lowest BCUT2D eigenvalue weighted by Gasteiger charge is -2.08. The summed E-state index contributed by atoms with van der Waals surface area (Å²) >= 11 is 0. The second-order valence-corrected chi connectivity index (χ2v) is 8.30. The number of hydrogen-bond donors (Lipinski definition) is 0. The number of carbonyl (C=O) groups is 3. The molecule has 0 N–H and O–H groups in total. The zero-order valence-corrected chi connectivity index (χ0v) is 22.9. The second-order valence-electron chi connectivity index (χ2n) is 8.30. The van der Waals surface area contributed by atoms with Gasteiger partial charge < -0.3 is 23.7 Å². The lowest BCUT2D eigenvalue weighted by atomic mass is 9.99. The molecule has 3 aromatic carbocycles. The van der Waals surface area contributed by atoms with Crippen LogP contribution < -0.4 is 23.7 Å². The maximum atomic E-state index is 13.3. The molecule has 0 radical (unpaired) electrons. The predicted molar refractivity (Wildman–Crippen MR) is 154 cm³/mol. The van der Waals surface area contributed by atoms with Crippen LogP contribution in [0.1, 0.15) is 27.0 Å². The summed E-state index contributed by atoms with van der Waals surface area (Å²) in [7, 11) is 7.55. The minimum atomic E-state index is -0.528. The fourth-order valence-corrected chi connectivity index (χ4v) is 3.80. The van der Waals surface area contributed by atoms with Crippen LogP contribution in [0.5, 0.6) is 28.7 Å². The third kappa shape index (κ3) is 7.26. The Morgan fingerprint density at radius 2 is 0.975 bits per heavy atom. The molecule has 0 spiro atoms. The fraction of sp³-hybridized carbons (Fsp3) is 0.156. The highest BCUT2D eigenvalue weighted by atomic mass is 16.5. The first-order valence-corrected chi connectivity index (χ1v) is 12.1. The molecule has 0 saturated heterocycles. The van der Waals surface area contributed by atoms with E-state index in [1.165, 1.54) is 53.8 Å². The first-order valence-electron chi connectivity index (χ1n) is 12.1. The number of hydrogen-bond acceptors (Lipinski definition) is 8. The van der Waals surface area contributed by atoms with Crippen molar-refractivity contribution >= 4 is 36.1 Å². The lowest BCUT2D eigenvalue weighted by molar-refractivity contribution is -0.116. The molecule has 0 heterocycles. The molecular weight excluding hydrogens is 512 g/mol. The van der Waals surface area contributed by atoms with Crippen LogP contribution in [0.3, 0.4) is 0 Å². The first-order chi connectivity index (χ1) is 19.4. The van der Waals surface area contributed by atoms with E-state index >= 15 is 0 Å². The molecule has 8 heteroatoms. The number of aldehydes is 1. The van der Waals surface area contributed by atoms with Crippen molar-refractivity contribution in [1.82, 2.24) is 0 Å². The smallest absolute Gasteiger partial charge is 0.189 e. The Kier molecular flexibility index (Phi) is 10.4. The van der Waals surface area contributed by atoms with E-state index in [1.54, 1.807) is 66.7 Å². The molecule has 0 aliphatic heterocycles. The van der Waals surface area contributed by atoms with Crippen LogP contribution in [0.2, 0.25) is 0 Å². The van der Waals surface area contributed by atoms with Gasteiger partial charge in [0.1, 0.15) is 5.75 Å². The van der Waals surface area contributed by atoms with Crippen LogP contribution in [-0.2, 0) is 9.59 Å². The number of benzene rings is 3. The average molecular weight is 543 g/mol. The monoisotopic (exact) mass is 542 g/mol. The van der Waals surface area contributed by atoms with Gasteiger partial charge in [0, 0.05) is 0 Å². The number of ether oxygens (including phenoxy) is 5. The Bertz CT molecular complexity index is 1400. The van der Waals surface area contributed by atoms with E-state index in [0.717, 1.165) is 0 Å². The van der Waals surface area contributed by atoms with Crippen molar-refractivity contribution in [2.45, 2.75) is 0 Å². The number of methoxy groups -OCH3 is 5. The van der Waals surface area contributed by atoms with Crippen LogP contribution in [0.15, 0.2) is 72.3 Å². The topological polar surface area (TPSA) is 97.4 Å². The van der Waals surface area contributed by atoms with Crippen LogP contribution in [0.25, 0.3) is 18.2 Å². The Balaban J connectivity index is 1.99. The summed E-state index contributed by atoms with van der Waals surface area (Å²) in [6.45, 7) is 0. The average Bonchev–Trinajstić information content (AvgIpc) is 3.00. The molecule has 3 aromatic rings. The number of allylic oxidation sites excluding steroid dienone is 3. The summed E-state index contributed by atoms with van der Waals surface area (Å²) in [5.41, 5.74) is 2.02. The molecule has 0 unspecified atom stereocenters. The maximum absolute atomic E-state index is 13.3. The Morgan fingerprint density at radius 1 is 0.550 bits per heavy atom. The summed E-state index contributed by atoms with van der Waals surface area (Å²) in [4.78, 5) is 38.1. The lowest BCUT2D eigenvalue weighted by Crippen LogP contribution is -2.08. The fourth-order valence-electron chi connectivity index (χ4n) is 3.80. The SMILES string of the molecule is COc1ccc(C=C(C(=O)/C=C/c2ccc(OC)c(OC)c2)C(=O)/C=C/c2ccc(OC)c(OC)c2)cc1C=O. The van der Waals surface area contributed by atoms with Gasteiger partial charge in [0.25, 0.3) is 0 Å². The van der Waals surface area contributed by atoms with Crippen molar-refractivity contribution in [2.75, 3.05) is 35.5 Å². The van der Waals surface area contributed by atoms with E-state index in [4.69, 9.17) is 23.7 Å². The highest BCUT2D eigenvalue weighted by Crippen LogP contribution is 2.29. The van der Waals surface area contributed by atoms with E-state index in [2.05, 4.69) is 0 Å². The van der Waals surface area contributed by atoms with Crippen molar-refractivity contribution in [2.24, 2.45) is 0 Å². The van der Waals surface area contributed by atoms with E-state index in [9.17, 15) is 14.4 Å². The highest BCUT2D eigenvalue weighted by Gasteiger charge is 2.15. The number of rotatable bonds is 13. The van der Waals surface area contributed by atoms with Gasteiger partial charge in [-0.05, 0) is 71.3 Å². The quantitative estimate of drug-likeness (QED) is 0.121. The predicted octanol–water partition coefficient (Wildman–Crippen LogP) is 5.49.